The molecule has 0 saturated heterocycles. The minimum Gasteiger partial charge on any atom is -0.255 e. The minimum absolute atomic E-state index is 0.701. The fourth-order valence-corrected chi connectivity index (χ4v) is 8.28. The number of nitrogens with zero attached hydrogens (tertiary/aromatic N) is 3. The van der Waals surface area contributed by atoms with Crippen molar-refractivity contribution < 1.29 is 0 Å². The van der Waals surface area contributed by atoms with Crippen molar-refractivity contribution in [3.8, 4) is 56.2 Å². The van der Waals surface area contributed by atoms with Gasteiger partial charge in [-0.2, -0.15) is 0 Å². The molecule has 0 amide bonds. The zero-order chi connectivity index (χ0) is 33.7. The molecule has 0 atom stereocenters. The predicted octanol–water partition coefficient (Wildman–Crippen LogP) is 12.9. The van der Waals surface area contributed by atoms with Crippen LogP contribution in [-0.4, -0.2) is 15.0 Å². The highest BCUT2D eigenvalue weighted by Crippen LogP contribution is 2.41. The first-order valence-corrected chi connectivity index (χ1v) is 17.9. The summed E-state index contributed by atoms with van der Waals surface area (Å²) in [5.41, 5.74) is 10.5. The largest absolute Gasteiger partial charge is 0.255 e. The number of hydrogen-bond donors (Lipinski definition) is 0. The molecule has 0 aliphatic carbocycles. The van der Waals surface area contributed by atoms with Gasteiger partial charge in [0.1, 0.15) is 0 Å². The van der Waals surface area contributed by atoms with Crippen LogP contribution in [0.1, 0.15) is 0 Å². The quantitative estimate of drug-likeness (QED) is 0.171. The third-order valence-corrected chi connectivity index (χ3v) is 10.8. The lowest BCUT2D eigenvalue weighted by Gasteiger charge is -2.15. The van der Waals surface area contributed by atoms with Crippen molar-refractivity contribution in [2.75, 3.05) is 0 Å². The molecular formula is C47H29N3S. The second-order valence-electron chi connectivity index (χ2n) is 12.8. The van der Waals surface area contributed by atoms with Gasteiger partial charge in [0, 0.05) is 33.0 Å². The number of rotatable bonds is 5. The van der Waals surface area contributed by atoms with E-state index in [1.165, 1.54) is 41.9 Å². The van der Waals surface area contributed by atoms with Gasteiger partial charge in [0.05, 0.1) is 21.6 Å². The highest BCUT2D eigenvalue weighted by atomic mass is 32.1. The molecule has 238 valence electrons. The Morgan fingerprint density at radius 1 is 0.373 bits per heavy atom. The molecule has 0 unspecified atom stereocenters. The summed E-state index contributed by atoms with van der Waals surface area (Å²) in [5.74, 6) is 0.701. The zero-order valence-corrected chi connectivity index (χ0v) is 28.3. The summed E-state index contributed by atoms with van der Waals surface area (Å²) in [7, 11) is 0. The molecular weight excluding hydrogens is 639 g/mol. The number of fused-ring (bicyclic) bond motifs is 6. The molecule has 0 aliphatic rings. The Morgan fingerprint density at radius 2 is 1.04 bits per heavy atom. The first kappa shape index (κ1) is 29.4. The Labute approximate surface area is 299 Å². The molecule has 3 nitrogen and oxygen atoms in total. The van der Waals surface area contributed by atoms with Gasteiger partial charge in [-0.3, -0.25) is 4.98 Å². The van der Waals surface area contributed by atoms with Crippen LogP contribution in [0.3, 0.4) is 0 Å². The second-order valence-corrected chi connectivity index (χ2v) is 13.9. The van der Waals surface area contributed by atoms with E-state index in [9.17, 15) is 0 Å². The van der Waals surface area contributed by atoms with E-state index in [4.69, 9.17) is 15.0 Å². The van der Waals surface area contributed by atoms with Gasteiger partial charge >= 0.3 is 0 Å². The summed E-state index contributed by atoms with van der Waals surface area (Å²) >= 11 is 1.79. The van der Waals surface area contributed by atoms with Crippen LogP contribution in [0.5, 0.6) is 0 Å². The lowest BCUT2D eigenvalue weighted by atomic mass is 9.90. The Kier molecular flexibility index (Phi) is 7.00. The van der Waals surface area contributed by atoms with E-state index >= 15 is 0 Å². The Hall–Kier alpha value is -6.49. The lowest BCUT2D eigenvalue weighted by molar-refractivity contribution is 1.18. The molecule has 10 aromatic rings. The van der Waals surface area contributed by atoms with Crippen LogP contribution in [-0.2, 0) is 0 Å². The first-order chi connectivity index (χ1) is 25.2. The van der Waals surface area contributed by atoms with E-state index in [2.05, 4.69) is 140 Å². The number of benzene rings is 7. The molecule has 0 saturated carbocycles. The lowest BCUT2D eigenvalue weighted by Crippen LogP contribution is -1.96. The van der Waals surface area contributed by atoms with Crippen LogP contribution in [0.25, 0.3) is 98.0 Å². The molecule has 3 heterocycles. The summed E-state index contributed by atoms with van der Waals surface area (Å²) in [6, 6.07) is 60.3. The molecule has 3 aromatic heterocycles. The molecule has 0 fully saturated rings. The van der Waals surface area contributed by atoms with Crippen molar-refractivity contribution in [3.63, 3.8) is 0 Å². The third kappa shape index (κ3) is 5.25. The van der Waals surface area contributed by atoms with Gasteiger partial charge in [0.15, 0.2) is 5.82 Å². The van der Waals surface area contributed by atoms with E-state index in [1.807, 2.05) is 36.5 Å². The summed E-state index contributed by atoms with van der Waals surface area (Å²) < 4.78 is 2.43. The van der Waals surface area contributed by atoms with Gasteiger partial charge in [-0.1, -0.05) is 115 Å². The molecule has 10 rings (SSSR count). The Morgan fingerprint density at radius 3 is 1.86 bits per heavy atom. The number of hydrogen-bond acceptors (Lipinski definition) is 4. The van der Waals surface area contributed by atoms with Crippen LogP contribution in [0.4, 0.5) is 0 Å². The number of aromatic nitrogens is 3. The van der Waals surface area contributed by atoms with Crippen molar-refractivity contribution in [2.45, 2.75) is 0 Å². The third-order valence-electron chi connectivity index (χ3n) is 9.69. The van der Waals surface area contributed by atoms with Gasteiger partial charge in [-0.25, -0.2) is 9.97 Å². The molecule has 0 spiro atoms. The monoisotopic (exact) mass is 667 g/mol. The maximum Gasteiger partial charge on any atom is 0.160 e. The average molecular weight is 668 g/mol. The topological polar surface area (TPSA) is 38.7 Å². The summed E-state index contributed by atoms with van der Waals surface area (Å²) in [6.07, 6.45) is 1.88. The second kappa shape index (κ2) is 12.1. The van der Waals surface area contributed by atoms with Crippen molar-refractivity contribution in [1.82, 2.24) is 15.0 Å². The molecule has 4 heteroatoms. The van der Waals surface area contributed by atoms with Gasteiger partial charge in [-0.15, -0.1) is 11.3 Å². The summed E-state index contributed by atoms with van der Waals surface area (Å²) in [5, 5.41) is 6.12. The summed E-state index contributed by atoms with van der Waals surface area (Å²) in [6.45, 7) is 0. The molecule has 0 radical (unpaired) electrons. The average Bonchev–Trinajstić information content (AvgIpc) is 3.59. The standard InChI is InChI=1S/C47H29N3S/c1-3-12-30(13-4-1)42-29-43(50-47(49-42)31-14-5-2-6-15-31)36-25-34(32-21-22-44-41(27-32)46-45(51-44)20-11-23-48-46)24-35(26-36)40-28-33-16-7-8-17-37(33)38-18-9-10-19-39(38)40/h1-29H. The highest BCUT2D eigenvalue weighted by Gasteiger charge is 2.16. The smallest absolute Gasteiger partial charge is 0.160 e. The molecule has 51 heavy (non-hydrogen) atoms. The van der Waals surface area contributed by atoms with E-state index in [0.29, 0.717) is 5.82 Å². The Bertz CT molecular complexity index is 2860. The molecule has 7 aromatic carbocycles. The van der Waals surface area contributed by atoms with E-state index in [0.717, 1.165) is 50.3 Å². The normalized spacial score (nSPS) is 11.5. The van der Waals surface area contributed by atoms with Crippen molar-refractivity contribution >= 4 is 53.2 Å². The van der Waals surface area contributed by atoms with Gasteiger partial charge in [0.2, 0.25) is 0 Å². The Balaban J connectivity index is 1.25. The van der Waals surface area contributed by atoms with E-state index < -0.39 is 0 Å². The predicted molar refractivity (Wildman–Crippen MR) is 215 cm³/mol. The van der Waals surface area contributed by atoms with Gasteiger partial charge in [-0.05, 0) is 98.4 Å². The van der Waals surface area contributed by atoms with Crippen LogP contribution in [0.2, 0.25) is 0 Å². The van der Waals surface area contributed by atoms with Crippen molar-refractivity contribution in [3.05, 3.63) is 176 Å². The van der Waals surface area contributed by atoms with Crippen LogP contribution < -0.4 is 0 Å². The highest BCUT2D eigenvalue weighted by molar-refractivity contribution is 7.25. The minimum atomic E-state index is 0.701. The van der Waals surface area contributed by atoms with E-state index in [-0.39, 0.29) is 0 Å². The number of thiophene rings is 1. The van der Waals surface area contributed by atoms with Crippen LogP contribution in [0.15, 0.2) is 176 Å². The fourth-order valence-electron chi connectivity index (χ4n) is 7.24. The number of pyridine rings is 1. The maximum atomic E-state index is 5.24. The summed E-state index contributed by atoms with van der Waals surface area (Å²) in [4.78, 5) is 15.1. The van der Waals surface area contributed by atoms with Gasteiger partial charge in [0.25, 0.3) is 0 Å². The van der Waals surface area contributed by atoms with Crippen molar-refractivity contribution in [1.29, 1.82) is 0 Å². The molecule has 0 aliphatic heterocycles. The van der Waals surface area contributed by atoms with Crippen LogP contribution in [0, 0.1) is 0 Å². The van der Waals surface area contributed by atoms with Gasteiger partial charge < -0.3 is 0 Å². The SMILES string of the molecule is c1ccc(-c2cc(-c3cc(-c4ccc5sc6cccnc6c5c4)cc(-c4cc5ccccc5c5ccccc45)c3)nc(-c3ccccc3)n2)cc1. The molecule has 0 bridgehead atoms. The maximum absolute atomic E-state index is 5.24. The van der Waals surface area contributed by atoms with E-state index in [1.54, 1.807) is 11.3 Å². The van der Waals surface area contributed by atoms with Crippen molar-refractivity contribution in [2.24, 2.45) is 0 Å². The van der Waals surface area contributed by atoms with Crippen LogP contribution >= 0.6 is 11.3 Å². The zero-order valence-electron chi connectivity index (χ0n) is 27.5. The first-order valence-electron chi connectivity index (χ1n) is 17.1. The fraction of sp³-hybridized carbons (Fsp3) is 0. The molecule has 0 N–H and O–H groups in total.